The molecule has 0 saturated carbocycles. The van der Waals surface area contributed by atoms with E-state index in [9.17, 15) is 0 Å². The Morgan fingerprint density at radius 3 is 2.86 bits per heavy atom. The van der Waals surface area contributed by atoms with Crippen molar-refractivity contribution >= 4 is 0 Å². The number of ether oxygens (including phenoxy) is 2. The first-order chi connectivity index (χ1) is 10.3. The Kier molecular flexibility index (Phi) is 6.55. The average molecular weight is 289 g/mol. The topological polar surface area (TPSA) is 41.9 Å². The van der Waals surface area contributed by atoms with E-state index in [2.05, 4.69) is 23.8 Å². The van der Waals surface area contributed by atoms with Crippen molar-refractivity contribution in [1.29, 1.82) is 0 Å². The SMILES string of the molecule is CN(CCOc1ccc(C#CCO)cc1)CC1CCCO1. The van der Waals surface area contributed by atoms with Crippen LogP contribution in [0.3, 0.4) is 0 Å². The predicted octanol–water partition coefficient (Wildman–Crippen LogP) is 1.52. The lowest BCUT2D eigenvalue weighted by molar-refractivity contribution is 0.0771. The van der Waals surface area contributed by atoms with Crippen molar-refractivity contribution in [1.82, 2.24) is 4.90 Å². The molecule has 1 fully saturated rings. The van der Waals surface area contributed by atoms with Crippen LogP contribution in [0.25, 0.3) is 0 Å². The Balaban J connectivity index is 1.67. The number of aliphatic hydroxyl groups excluding tert-OH is 1. The monoisotopic (exact) mass is 289 g/mol. The van der Waals surface area contributed by atoms with Gasteiger partial charge >= 0.3 is 0 Å². The van der Waals surface area contributed by atoms with E-state index < -0.39 is 0 Å². The number of nitrogens with zero attached hydrogens (tertiary/aromatic N) is 1. The molecule has 4 heteroatoms. The highest BCUT2D eigenvalue weighted by Crippen LogP contribution is 2.13. The van der Waals surface area contributed by atoms with Gasteiger partial charge in [0.15, 0.2) is 0 Å². The number of benzene rings is 1. The minimum Gasteiger partial charge on any atom is -0.492 e. The number of likely N-dealkylation sites (N-methyl/N-ethyl adjacent to an activating group) is 1. The summed E-state index contributed by atoms with van der Waals surface area (Å²) in [6.07, 6.45) is 2.74. The highest BCUT2D eigenvalue weighted by atomic mass is 16.5. The summed E-state index contributed by atoms with van der Waals surface area (Å²) >= 11 is 0. The fourth-order valence-corrected chi connectivity index (χ4v) is 2.32. The number of aliphatic hydroxyl groups is 1. The smallest absolute Gasteiger partial charge is 0.119 e. The van der Waals surface area contributed by atoms with Crippen molar-refractivity contribution < 1.29 is 14.6 Å². The summed E-state index contributed by atoms with van der Waals surface area (Å²) in [5.41, 5.74) is 0.881. The van der Waals surface area contributed by atoms with Crippen molar-refractivity contribution in [2.24, 2.45) is 0 Å². The van der Waals surface area contributed by atoms with Crippen molar-refractivity contribution in [3.63, 3.8) is 0 Å². The first-order valence-electron chi connectivity index (χ1n) is 7.40. The quantitative estimate of drug-likeness (QED) is 0.806. The number of hydrogen-bond donors (Lipinski definition) is 1. The molecule has 4 nitrogen and oxygen atoms in total. The second kappa shape index (κ2) is 8.68. The highest BCUT2D eigenvalue weighted by Gasteiger charge is 2.16. The van der Waals surface area contributed by atoms with Crippen molar-refractivity contribution in [3.8, 4) is 17.6 Å². The Labute approximate surface area is 126 Å². The normalized spacial score (nSPS) is 17.6. The molecule has 0 bridgehead atoms. The standard InChI is InChI=1S/C17H23NO3/c1-18(14-17-5-3-12-20-17)10-13-21-16-8-6-15(7-9-16)4-2-11-19/h6-9,17,19H,3,5,10-14H2,1H3. The zero-order valence-electron chi connectivity index (χ0n) is 12.5. The molecule has 0 aliphatic carbocycles. The fourth-order valence-electron chi connectivity index (χ4n) is 2.32. The Hall–Kier alpha value is -1.54. The van der Waals surface area contributed by atoms with Gasteiger partial charge in [-0.05, 0) is 44.2 Å². The van der Waals surface area contributed by atoms with E-state index in [4.69, 9.17) is 14.6 Å². The maximum Gasteiger partial charge on any atom is 0.119 e. The third kappa shape index (κ3) is 5.76. The molecule has 1 heterocycles. The maximum absolute atomic E-state index is 8.64. The van der Waals surface area contributed by atoms with Gasteiger partial charge in [-0.25, -0.2) is 0 Å². The zero-order valence-corrected chi connectivity index (χ0v) is 12.5. The molecule has 2 rings (SSSR count). The van der Waals surface area contributed by atoms with Gasteiger partial charge < -0.3 is 19.5 Å². The van der Waals surface area contributed by atoms with Crippen LogP contribution in [-0.4, -0.2) is 56.1 Å². The van der Waals surface area contributed by atoms with E-state index in [1.807, 2.05) is 24.3 Å². The van der Waals surface area contributed by atoms with Crippen LogP contribution in [0.5, 0.6) is 5.75 Å². The van der Waals surface area contributed by atoms with Gasteiger partial charge in [-0.1, -0.05) is 11.8 Å². The summed E-state index contributed by atoms with van der Waals surface area (Å²) in [7, 11) is 2.10. The third-order valence-corrected chi connectivity index (χ3v) is 3.45. The van der Waals surface area contributed by atoms with Crippen molar-refractivity contribution in [2.75, 3.05) is 40.0 Å². The van der Waals surface area contributed by atoms with E-state index in [-0.39, 0.29) is 6.61 Å². The highest BCUT2D eigenvalue weighted by molar-refractivity contribution is 5.38. The number of hydrogen-bond acceptors (Lipinski definition) is 4. The van der Waals surface area contributed by atoms with E-state index in [1.165, 1.54) is 12.8 Å². The summed E-state index contributed by atoms with van der Waals surface area (Å²) in [6, 6.07) is 7.60. The summed E-state index contributed by atoms with van der Waals surface area (Å²) in [5.74, 6) is 6.32. The molecule has 1 unspecified atom stereocenters. The Bertz CT molecular complexity index is 469. The van der Waals surface area contributed by atoms with Crippen molar-refractivity contribution in [3.05, 3.63) is 29.8 Å². The molecule has 1 aliphatic heterocycles. The second-order valence-electron chi connectivity index (χ2n) is 5.23. The molecule has 1 aromatic rings. The molecule has 114 valence electrons. The molecule has 0 aromatic heterocycles. The molecule has 1 N–H and O–H groups in total. The Morgan fingerprint density at radius 2 is 2.19 bits per heavy atom. The van der Waals surface area contributed by atoms with Crippen LogP contribution in [0, 0.1) is 11.8 Å². The molecular weight excluding hydrogens is 266 g/mol. The summed E-state index contributed by atoms with van der Waals surface area (Å²) in [6.45, 7) is 3.30. The van der Waals surface area contributed by atoms with Gasteiger partial charge in [0.1, 0.15) is 19.0 Å². The molecule has 1 atom stereocenters. The molecular formula is C17H23NO3. The predicted molar refractivity (Wildman–Crippen MR) is 82.4 cm³/mol. The first kappa shape index (κ1) is 15.8. The number of rotatable bonds is 6. The largest absolute Gasteiger partial charge is 0.492 e. The van der Waals surface area contributed by atoms with Crippen LogP contribution in [0.1, 0.15) is 18.4 Å². The molecule has 1 saturated heterocycles. The van der Waals surface area contributed by atoms with Gasteiger partial charge in [-0.15, -0.1) is 0 Å². The van der Waals surface area contributed by atoms with Gasteiger partial charge in [0, 0.05) is 25.3 Å². The molecule has 0 spiro atoms. The van der Waals surface area contributed by atoms with Crippen LogP contribution in [0.2, 0.25) is 0 Å². The summed E-state index contributed by atoms with van der Waals surface area (Å²) < 4.78 is 11.3. The van der Waals surface area contributed by atoms with Gasteiger partial charge in [0.2, 0.25) is 0 Å². The second-order valence-corrected chi connectivity index (χ2v) is 5.23. The third-order valence-electron chi connectivity index (χ3n) is 3.45. The van der Waals surface area contributed by atoms with E-state index in [1.54, 1.807) is 0 Å². The van der Waals surface area contributed by atoms with E-state index in [0.29, 0.717) is 12.7 Å². The summed E-state index contributed by atoms with van der Waals surface area (Å²) in [4.78, 5) is 2.25. The molecule has 0 amide bonds. The lowest BCUT2D eigenvalue weighted by atomic mass is 10.2. The van der Waals surface area contributed by atoms with E-state index in [0.717, 1.165) is 31.0 Å². The first-order valence-corrected chi connectivity index (χ1v) is 7.40. The Morgan fingerprint density at radius 1 is 1.38 bits per heavy atom. The zero-order chi connectivity index (χ0) is 14.9. The van der Waals surface area contributed by atoms with Crippen LogP contribution in [0.15, 0.2) is 24.3 Å². The maximum atomic E-state index is 8.64. The molecule has 0 radical (unpaired) electrons. The van der Waals surface area contributed by atoms with E-state index >= 15 is 0 Å². The van der Waals surface area contributed by atoms with Crippen molar-refractivity contribution in [2.45, 2.75) is 18.9 Å². The van der Waals surface area contributed by atoms with Crippen LogP contribution < -0.4 is 4.74 Å². The molecule has 1 aromatic carbocycles. The fraction of sp³-hybridized carbons (Fsp3) is 0.529. The van der Waals surface area contributed by atoms with Crippen LogP contribution in [-0.2, 0) is 4.74 Å². The molecule has 21 heavy (non-hydrogen) atoms. The van der Waals surface area contributed by atoms with Gasteiger partial charge in [0.25, 0.3) is 0 Å². The van der Waals surface area contributed by atoms with Gasteiger partial charge in [0.05, 0.1) is 6.10 Å². The molecule has 1 aliphatic rings. The van der Waals surface area contributed by atoms with Crippen LogP contribution in [0.4, 0.5) is 0 Å². The summed E-state index contributed by atoms with van der Waals surface area (Å²) in [5, 5.41) is 8.64. The average Bonchev–Trinajstić information content (AvgIpc) is 2.99. The van der Waals surface area contributed by atoms with Gasteiger partial charge in [-0.3, -0.25) is 0 Å². The van der Waals surface area contributed by atoms with Gasteiger partial charge in [-0.2, -0.15) is 0 Å². The van der Waals surface area contributed by atoms with Crippen LogP contribution >= 0.6 is 0 Å². The lowest BCUT2D eigenvalue weighted by Gasteiger charge is -2.20. The minimum absolute atomic E-state index is 0.116. The lowest BCUT2D eigenvalue weighted by Crippen LogP contribution is -2.32. The minimum atomic E-state index is -0.116.